The molecule has 3 atom stereocenters. The molecule has 0 N–H and O–H groups in total. The zero-order valence-corrected chi connectivity index (χ0v) is 11.7. The van der Waals surface area contributed by atoms with E-state index in [0.717, 1.165) is 44.1 Å². The number of carbonyl (C=O) groups is 1. The number of carbonyl (C=O) groups excluding carboxylic acids is 1. The molecular formula is C15H21N3O2. The van der Waals surface area contributed by atoms with Gasteiger partial charge in [-0.15, -0.1) is 0 Å². The van der Waals surface area contributed by atoms with Crippen LogP contribution in [0.2, 0.25) is 0 Å². The molecule has 1 amide bonds. The Morgan fingerprint density at radius 2 is 2.05 bits per heavy atom. The first-order chi connectivity index (χ1) is 9.81. The summed E-state index contributed by atoms with van der Waals surface area (Å²) in [7, 11) is 0. The number of piperazine rings is 1. The van der Waals surface area contributed by atoms with E-state index in [2.05, 4.69) is 10.1 Å². The molecule has 5 nitrogen and oxygen atoms in total. The van der Waals surface area contributed by atoms with Gasteiger partial charge in [0.25, 0.3) is 5.91 Å². The van der Waals surface area contributed by atoms with Crippen LogP contribution < -0.4 is 0 Å². The predicted molar refractivity (Wildman–Crippen MR) is 73.2 cm³/mol. The van der Waals surface area contributed by atoms with Crippen molar-refractivity contribution in [3.8, 4) is 0 Å². The topological polar surface area (TPSA) is 49.6 Å². The fourth-order valence-corrected chi connectivity index (χ4v) is 4.40. The highest BCUT2D eigenvalue weighted by Gasteiger charge is 2.43. The Hall–Kier alpha value is -1.36. The van der Waals surface area contributed by atoms with Gasteiger partial charge in [0, 0.05) is 38.3 Å². The molecule has 2 aliphatic carbocycles. The maximum Gasteiger partial charge on any atom is 0.276 e. The molecule has 2 saturated carbocycles. The molecule has 1 aromatic heterocycles. The lowest BCUT2D eigenvalue weighted by Gasteiger charge is -2.40. The van der Waals surface area contributed by atoms with Crippen molar-refractivity contribution < 1.29 is 9.32 Å². The van der Waals surface area contributed by atoms with Gasteiger partial charge in [-0.05, 0) is 31.1 Å². The van der Waals surface area contributed by atoms with Gasteiger partial charge in [0.15, 0.2) is 5.69 Å². The van der Waals surface area contributed by atoms with Crippen LogP contribution in [0.25, 0.3) is 0 Å². The average Bonchev–Trinajstić information content (AvgIpc) is 3.23. The lowest BCUT2D eigenvalue weighted by atomic mass is 9.93. The minimum Gasteiger partial charge on any atom is -0.364 e. The molecule has 1 aromatic rings. The standard InChI is InChI=1S/C15H21N3O2/c19-15(13-3-8-20-16-13)18-6-4-17(5-7-18)14-10-11-1-2-12(14)9-11/h3,8,11-12,14H,1-2,4-7,9-10H2. The zero-order valence-electron chi connectivity index (χ0n) is 11.7. The Labute approximate surface area is 118 Å². The lowest BCUT2D eigenvalue weighted by molar-refractivity contribution is 0.0488. The van der Waals surface area contributed by atoms with E-state index in [1.807, 2.05) is 4.90 Å². The molecule has 3 unspecified atom stereocenters. The van der Waals surface area contributed by atoms with Crippen LogP contribution in [0.5, 0.6) is 0 Å². The van der Waals surface area contributed by atoms with Gasteiger partial charge in [-0.3, -0.25) is 9.69 Å². The van der Waals surface area contributed by atoms with Crippen LogP contribution in [0.1, 0.15) is 36.2 Å². The number of amides is 1. The van der Waals surface area contributed by atoms with Crippen molar-refractivity contribution in [1.29, 1.82) is 0 Å². The van der Waals surface area contributed by atoms with Gasteiger partial charge < -0.3 is 9.42 Å². The van der Waals surface area contributed by atoms with E-state index >= 15 is 0 Å². The summed E-state index contributed by atoms with van der Waals surface area (Å²) < 4.78 is 4.75. The molecule has 0 spiro atoms. The number of rotatable bonds is 2. The Morgan fingerprint density at radius 1 is 1.20 bits per heavy atom. The van der Waals surface area contributed by atoms with Crippen molar-refractivity contribution >= 4 is 5.91 Å². The lowest BCUT2D eigenvalue weighted by Crippen LogP contribution is -2.53. The highest BCUT2D eigenvalue weighted by atomic mass is 16.5. The highest BCUT2D eigenvalue weighted by molar-refractivity contribution is 5.92. The second-order valence-electron chi connectivity index (χ2n) is 6.46. The number of hydrogen-bond acceptors (Lipinski definition) is 4. The van der Waals surface area contributed by atoms with Gasteiger partial charge in [-0.2, -0.15) is 0 Å². The van der Waals surface area contributed by atoms with Crippen molar-refractivity contribution in [2.75, 3.05) is 26.2 Å². The summed E-state index contributed by atoms with van der Waals surface area (Å²) >= 11 is 0. The Balaban J connectivity index is 1.35. The molecule has 2 bridgehead atoms. The monoisotopic (exact) mass is 275 g/mol. The third-order valence-corrected chi connectivity index (χ3v) is 5.43. The summed E-state index contributed by atoms with van der Waals surface area (Å²) in [5.74, 6) is 1.92. The van der Waals surface area contributed by atoms with E-state index in [-0.39, 0.29) is 5.91 Å². The van der Waals surface area contributed by atoms with E-state index in [4.69, 9.17) is 4.52 Å². The number of nitrogens with zero attached hydrogens (tertiary/aromatic N) is 3. The predicted octanol–water partition coefficient (Wildman–Crippen LogP) is 1.62. The second kappa shape index (κ2) is 4.88. The first kappa shape index (κ1) is 12.4. The molecule has 1 saturated heterocycles. The summed E-state index contributed by atoms with van der Waals surface area (Å²) in [4.78, 5) is 16.7. The molecule has 3 fully saturated rings. The van der Waals surface area contributed by atoms with E-state index < -0.39 is 0 Å². The van der Waals surface area contributed by atoms with Crippen molar-refractivity contribution in [3.05, 3.63) is 18.0 Å². The fraction of sp³-hybridized carbons (Fsp3) is 0.733. The Bertz CT molecular complexity index is 479. The third kappa shape index (κ3) is 2.04. The zero-order chi connectivity index (χ0) is 13.5. The van der Waals surface area contributed by atoms with E-state index in [0.29, 0.717) is 5.69 Å². The maximum atomic E-state index is 12.2. The van der Waals surface area contributed by atoms with Crippen LogP contribution >= 0.6 is 0 Å². The van der Waals surface area contributed by atoms with E-state index in [1.165, 1.54) is 31.9 Å². The van der Waals surface area contributed by atoms with Crippen LogP contribution in [0.3, 0.4) is 0 Å². The largest absolute Gasteiger partial charge is 0.364 e. The summed E-state index contributed by atoms with van der Waals surface area (Å²) in [5.41, 5.74) is 0.429. The highest BCUT2D eigenvalue weighted by Crippen LogP contribution is 2.46. The maximum absolute atomic E-state index is 12.2. The van der Waals surface area contributed by atoms with Gasteiger partial charge >= 0.3 is 0 Å². The Kier molecular flexibility index (Phi) is 3.02. The van der Waals surface area contributed by atoms with Crippen molar-refractivity contribution in [1.82, 2.24) is 15.0 Å². The van der Waals surface area contributed by atoms with Crippen LogP contribution in [-0.2, 0) is 0 Å². The summed E-state index contributed by atoms with van der Waals surface area (Å²) in [6, 6.07) is 2.43. The normalized spacial score (nSPS) is 33.8. The molecule has 0 aromatic carbocycles. The van der Waals surface area contributed by atoms with Gasteiger partial charge in [0.1, 0.15) is 6.26 Å². The fourth-order valence-electron chi connectivity index (χ4n) is 4.40. The van der Waals surface area contributed by atoms with Crippen molar-refractivity contribution in [3.63, 3.8) is 0 Å². The SMILES string of the molecule is O=C(c1ccon1)N1CCN(C2CC3CCC2C3)CC1. The van der Waals surface area contributed by atoms with Crippen molar-refractivity contribution in [2.24, 2.45) is 11.8 Å². The third-order valence-electron chi connectivity index (χ3n) is 5.43. The molecule has 0 radical (unpaired) electrons. The number of hydrogen-bond donors (Lipinski definition) is 0. The number of aromatic nitrogens is 1. The van der Waals surface area contributed by atoms with Crippen molar-refractivity contribution in [2.45, 2.75) is 31.7 Å². The first-order valence-corrected chi connectivity index (χ1v) is 7.75. The van der Waals surface area contributed by atoms with Gasteiger partial charge in [-0.1, -0.05) is 11.6 Å². The minimum atomic E-state index is 0.00587. The summed E-state index contributed by atoms with van der Waals surface area (Å²) in [5, 5.41) is 3.74. The summed E-state index contributed by atoms with van der Waals surface area (Å²) in [6.45, 7) is 3.66. The van der Waals surface area contributed by atoms with Crippen LogP contribution in [-0.4, -0.2) is 53.1 Å². The molecule has 108 valence electrons. The average molecular weight is 275 g/mol. The Morgan fingerprint density at radius 3 is 2.65 bits per heavy atom. The van der Waals surface area contributed by atoms with Crippen LogP contribution in [0.15, 0.2) is 16.9 Å². The van der Waals surface area contributed by atoms with E-state index in [1.54, 1.807) is 6.07 Å². The number of fused-ring (bicyclic) bond motifs is 2. The molecule has 5 heteroatoms. The minimum absolute atomic E-state index is 0.00587. The van der Waals surface area contributed by atoms with Crippen LogP contribution in [0.4, 0.5) is 0 Å². The molecule has 3 aliphatic rings. The second-order valence-corrected chi connectivity index (χ2v) is 6.46. The molecule has 2 heterocycles. The molecule has 1 aliphatic heterocycles. The van der Waals surface area contributed by atoms with Crippen LogP contribution in [0, 0.1) is 11.8 Å². The van der Waals surface area contributed by atoms with E-state index in [9.17, 15) is 4.79 Å². The summed E-state index contributed by atoms with van der Waals surface area (Å²) in [6.07, 6.45) is 7.17. The van der Waals surface area contributed by atoms with Gasteiger partial charge in [0.2, 0.25) is 0 Å². The quantitative estimate of drug-likeness (QED) is 0.823. The van der Waals surface area contributed by atoms with Gasteiger partial charge in [0.05, 0.1) is 0 Å². The molecule has 4 rings (SSSR count). The van der Waals surface area contributed by atoms with Gasteiger partial charge in [-0.25, -0.2) is 0 Å². The smallest absolute Gasteiger partial charge is 0.276 e. The molecule has 20 heavy (non-hydrogen) atoms. The first-order valence-electron chi connectivity index (χ1n) is 7.75. The molecular weight excluding hydrogens is 254 g/mol.